The fourth-order valence-corrected chi connectivity index (χ4v) is 6.03. The Morgan fingerprint density at radius 1 is 0.673 bits per heavy atom. The Hall–Kier alpha value is -2.11. The van der Waals surface area contributed by atoms with Crippen LogP contribution in [0.1, 0.15) is 45.4 Å². The van der Waals surface area contributed by atoms with Crippen molar-refractivity contribution < 1.29 is 93.9 Å². The first-order chi connectivity index (χ1) is 26.1. The van der Waals surface area contributed by atoms with Gasteiger partial charge in [-0.3, -0.25) is 19.8 Å². The number of rotatable bonds is 22. The van der Waals surface area contributed by atoms with Gasteiger partial charge in [-0.2, -0.15) is 0 Å². The molecular formula is C32H58N4O19. The molecule has 0 unspecified atom stereocenters. The lowest BCUT2D eigenvalue weighted by molar-refractivity contribution is -0.366. The summed E-state index contributed by atoms with van der Waals surface area (Å²) in [6.45, 7) is -0.683. The predicted molar refractivity (Wildman–Crippen MR) is 180 cm³/mol. The molecule has 23 heteroatoms. The summed E-state index contributed by atoms with van der Waals surface area (Å²) in [6, 6.07) is -0.562. The first-order valence-corrected chi connectivity index (χ1v) is 18.2. The minimum Gasteiger partial charge on any atom is -0.394 e. The van der Waals surface area contributed by atoms with Crippen molar-refractivity contribution in [3.8, 4) is 0 Å². The largest absolute Gasteiger partial charge is 0.394 e. The van der Waals surface area contributed by atoms with E-state index < -0.39 is 130 Å². The van der Waals surface area contributed by atoms with Crippen LogP contribution in [-0.2, 0) is 42.8 Å². The second-order valence-electron chi connectivity index (χ2n) is 13.6. The van der Waals surface area contributed by atoms with Gasteiger partial charge in [0, 0.05) is 19.4 Å². The van der Waals surface area contributed by atoms with E-state index in [1.807, 2.05) is 0 Å². The van der Waals surface area contributed by atoms with Crippen molar-refractivity contribution in [3.63, 3.8) is 0 Å². The molecule has 3 aliphatic rings. The summed E-state index contributed by atoms with van der Waals surface area (Å²) in [5.41, 5.74) is 10.6. The van der Waals surface area contributed by atoms with Gasteiger partial charge in [0.05, 0.1) is 32.5 Å². The van der Waals surface area contributed by atoms with Crippen LogP contribution in [0.4, 0.5) is 0 Å². The van der Waals surface area contributed by atoms with Crippen molar-refractivity contribution in [2.45, 2.75) is 144 Å². The van der Waals surface area contributed by atoms with Crippen LogP contribution in [0.15, 0.2) is 0 Å². The SMILES string of the molecule is CC(=O)[C@H](CCCCN)NNC(=O)CCCC(=O)NCCO[C@@H]1O[C@H](CO[C@H]2O[C@H](CO)[C@@H](O)[C@H](O)[C@@H]2O)[C@@H](O)[C@H](O[C@H]2O[C@H](CO)[C@@H](O)[C@H](O)[C@@H]2O)[C@@H]1O. The highest BCUT2D eigenvalue weighted by Crippen LogP contribution is 2.31. The Balaban J connectivity index is 1.56. The van der Waals surface area contributed by atoms with E-state index in [-0.39, 0.29) is 38.2 Å². The Morgan fingerprint density at radius 3 is 1.84 bits per heavy atom. The van der Waals surface area contributed by atoms with Gasteiger partial charge < -0.3 is 90.5 Å². The molecule has 3 rings (SSSR count). The van der Waals surface area contributed by atoms with E-state index in [2.05, 4.69) is 16.2 Å². The van der Waals surface area contributed by atoms with Crippen molar-refractivity contribution in [2.75, 3.05) is 39.5 Å². The topological polar surface area (TPSA) is 371 Å². The third kappa shape index (κ3) is 13.5. The molecule has 3 heterocycles. The summed E-state index contributed by atoms with van der Waals surface area (Å²) < 4.78 is 33.1. The van der Waals surface area contributed by atoms with E-state index in [9.17, 15) is 65.4 Å². The number of unbranched alkanes of at least 4 members (excludes halogenated alkanes) is 1. The van der Waals surface area contributed by atoms with Crippen LogP contribution in [0.3, 0.4) is 0 Å². The highest BCUT2D eigenvalue weighted by molar-refractivity contribution is 5.82. The van der Waals surface area contributed by atoms with Crippen LogP contribution in [0.2, 0.25) is 0 Å². The van der Waals surface area contributed by atoms with Gasteiger partial charge in [-0.25, -0.2) is 5.43 Å². The van der Waals surface area contributed by atoms with Crippen molar-refractivity contribution in [3.05, 3.63) is 0 Å². The van der Waals surface area contributed by atoms with Crippen LogP contribution in [0, 0.1) is 0 Å². The second kappa shape index (κ2) is 23.3. The Morgan fingerprint density at radius 2 is 1.24 bits per heavy atom. The summed E-state index contributed by atoms with van der Waals surface area (Å²) in [5.74, 6) is -1.00. The molecule has 3 aliphatic heterocycles. The van der Waals surface area contributed by atoms with Crippen LogP contribution < -0.4 is 21.9 Å². The number of nitrogens with two attached hydrogens (primary N) is 1. The number of hydrogen-bond acceptors (Lipinski definition) is 21. The molecule has 3 saturated heterocycles. The summed E-state index contributed by atoms with van der Waals surface area (Å²) in [7, 11) is 0. The molecule has 320 valence electrons. The lowest BCUT2D eigenvalue weighted by Gasteiger charge is -2.46. The predicted octanol–water partition coefficient (Wildman–Crippen LogP) is -7.55. The zero-order valence-corrected chi connectivity index (χ0v) is 30.4. The quantitative estimate of drug-likeness (QED) is 0.0357. The molecule has 0 aromatic carbocycles. The molecule has 0 aromatic heterocycles. The molecule has 2 amide bonds. The highest BCUT2D eigenvalue weighted by atomic mass is 16.7. The number of Topliss-reactive ketones (excluding diaryl/α,β-unsaturated/α-hetero) is 1. The number of carbonyl (C=O) groups excluding carboxylic acids is 3. The van der Waals surface area contributed by atoms with E-state index in [0.29, 0.717) is 19.4 Å². The molecule has 0 bridgehead atoms. The summed E-state index contributed by atoms with van der Waals surface area (Å²) in [5, 5.41) is 105. The van der Waals surface area contributed by atoms with E-state index in [4.69, 9.17) is 34.2 Å². The van der Waals surface area contributed by atoms with Crippen LogP contribution >= 0.6 is 0 Å². The second-order valence-corrected chi connectivity index (χ2v) is 13.6. The van der Waals surface area contributed by atoms with Gasteiger partial charge in [0.25, 0.3) is 0 Å². The lowest BCUT2D eigenvalue weighted by Crippen LogP contribution is -2.65. The molecule has 16 atom stereocenters. The van der Waals surface area contributed by atoms with Crippen LogP contribution in [0.5, 0.6) is 0 Å². The van der Waals surface area contributed by atoms with Gasteiger partial charge in [0.15, 0.2) is 18.9 Å². The molecule has 0 radical (unpaired) electrons. The number of amides is 2. The highest BCUT2D eigenvalue weighted by Gasteiger charge is 2.52. The number of carbonyl (C=O) groups is 3. The van der Waals surface area contributed by atoms with Gasteiger partial charge in [-0.1, -0.05) is 6.42 Å². The molecule has 15 N–H and O–H groups in total. The molecule has 3 fully saturated rings. The fraction of sp³-hybridized carbons (Fsp3) is 0.906. The standard InChI is InChI=1S/C32H58N4O19/c1-14(39)15(5-2-3-8-33)35-36-20(41)7-4-6-19(40)34-9-10-50-31-28(49)29(55-32-27(48)25(46)22(43)17(12-38)53-32)23(44)18(54-31)13-51-30-26(47)24(45)21(42)16(11-37)52-30/h15-18,21-32,35,37-38,42-49H,2-13,33H2,1H3,(H,34,40)(H,36,41)/t15-,16+,17+,18+,21+,22+,23+,24-,25-,26-,27-,28-,29-,30-,31+,32+/m0/s1. The first-order valence-electron chi connectivity index (χ1n) is 18.2. The van der Waals surface area contributed by atoms with Gasteiger partial charge in [-0.15, -0.1) is 0 Å². The molecule has 0 saturated carbocycles. The molecule has 0 aliphatic carbocycles. The minimum atomic E-state index is -1.91. The van der Waals surface area contributed by atoms with Crippen molar-refractivity contribution in [2.24, 2.45) is 5.73 Å². The maximum absolute atomic E-state index is 12.4. The normalized spacial score (nSPS) is 37.3. The number of aliphatic hydroxyl groups excluding tert-OH is 10. The molecular weight excluding hydrogens is 744 g/mol. The van der Waals surface area contributed by atoms with E-state index in [1.165, 1.54) is 6.92 Å². The smallest absolute Gasteiger partial charge is 0.234 e. The van der Waals surface area contributed by atoms with E-state index in [0.717, 1.165) is 6.42 Å². The molecule has 0 aromatic rings. The number of ketones is 1. The third-order valence-corrected chi connectivity index (χ3v) is 9.39. The number of ether oxygens (including phenoxy) is 6. The molecule has 23 nitrogen and oxygen atoms in total. The maximum Gasteiger partial charge on any atom is 0.234 e. The van der Waals surface area contributed by atoms with Gasteiger partial charge >= 0.3 is 0 Å². The molecule has 55 heavy (non-hydrogen) atoms. The van der Waals surface area contributed by atoms with E-state index >= 15 is 0 Å². The zero-order valence-electron chi connectivity index (χ0n) is 30.4. The number of hydrogen-bond donors (Lipinski definition) is 14. The Bertz CT molecular complexity index is 1170. The Kier molecular flexibility index (Phi) is 20.1. The monoisotopic (exact) mass is 802 g/mol. The van der Waals surface area contributed by atoms with Crippen molar-refractivity contribution in [1.82, 2.24) is 16.2 Å². The molecule has 0 spiro atoms. The number of nitrogens with one attached hydrogen (secondary N) is 3. The number of hydrazine groups is 1. The lowest BCUT2D eigenvalue weighted by atomic mass is 9.96. The van der Waals surface area contributed by atoms with Crippen molar-refractivity contribution in [1.29, 1.82) is 0 Å². The van der Waals surface area contributed by atoms with Crippen molar-refractivity contribution >= 4 is 17.6 Å². The average molecular weight is 803 g/mol. The van der Waals surface area contributed by atoms with Gasteiger partial charge in [-0.05, 0) is 32.7 Å². The Labute approximate surface area is 316 Å². The summed E-state index contributed by atoms with van der Waals surface area (Å²) >= 11 is 0. The van der Waals surface area contributed by atoms with E-state index in [1.54, 1.807) is 0 Å². The maximum atomic E-state index is 12.4. The van der Waals surface area contributed by atoms with Crippen LogP contribution in [0.25, 0.3) is 0 Å². The fourth-order valence-electron chi connectivity index (χ4n) is 6.03. The third-order valence-electron chi connectivity index (χ3n) is 9.39. The number of aliphatic hydroxyl groups is 10. The van der Waals surface area contributed by atoms with Gasteiger partial charge in [0.1, 0.15) is 79.0 Å². The average Bonchev–Trinajstić information content (AvgIpc) is 3.16. The summed E-state index contributed by atoms with van der Waals surface area (Å²) in [4.78, 5) is 36.4. The zero-order chi connectivity index (χ0) is 40.8. The minimum absolute atomic E-state index is 0.0167. The van der Waals surface area contributed by atoms with Gasteiger partial charge in [0.2, 0.25) is 11.8 Å². The summed E-state index contributed by atoms with van der Waals surface area (Å²) in [6.07, 6.45) is -23.3. The van der Waals surface area contributed by atoms with Crippen LogP contribution in [-0.4, -0.2) is 206 Å². The first kappa shape index (κ1) is 47.3.